The van der Waals surface area contributed by atoms with E-state index in [4.69, 9.17) is 9.15 Å². The predicted octanol–water partition coefficient (Wildman–Crippen LogP) is 1.83. The van der Waals surface area contributed by atoms with Gasteiger partial charge in [-0.25, -0.2) is 4.98 Å². The number of hydrogen-bond acceptors (Lipinski definition) is 5. The van der Waals surface area contributed by atoms with Crippen LogP contribution < -0.4 is 5.32 Å². The van der Waals surface area contributed by atoms with Crippen LogP contribution in [0.5, 0.6) is 0 Å². The molecule has 1 heterocycles. The highest BCUT2D eigenvalue weighted by Gasteiger charge is 2.17. The summed E-state index contributed by atoms with van der Waals surface area (Å²) in [6.07, 6.45) is -0.326. The van der Waals surface area contributed by atoms with Crippen molar-refractivity contribution in [3.63, 3.8) is 0 Å². The summed E-state index contributed by atoms with van der Waals surface area (Å²) in [4.78, 5) is 27.4. The van der Waals surface area contributed by atoms with Crippen LogP contribution in [-0.2, 0) is 20.7 Å². The number of aromatic nitrogens is 1. The molecule has 0 aliphatic carbocycles. The average Bonchev–Trinajstić information content (AvgIpc) is 2.88. The fraction of sp³-hybridized carbons (Fsp3) is 0.400. The van der Waals surface area contributed by atoms with Crippen molar-refractivity contribution >= 4 is 23.0 Å². The molecule has 0 unspecified atom stereocenters. The molecule has 2 aromatic rings. The number of benzene rings is 1. The van der Waals surface area contributed by atoms with Crippen molar-refractivity contribution in [3.8, 4) is 0 Å². The zero-order valence-corrected chi connectivity index (χ0v) is 12.1. The van der Waals surface area contributed by atoms with Crippen LogP contribution in [0.15, 0.2) is 28.7 Å². The summed E-state index contributed by atoms with van der Waals surface area (Å²) in [5.41, 5.74) is 1.45. The lowest BCUT2D eigenvalue weighted by atomic mass is 10.3. The van der Waals surface area contributed by atoms with Gasteiger partial charge >= 0.3 is 5.97 Å². The van der Waals surface area contributed by atoms with Crippen molar-refractivity contribution in [1.29, 1.82) is 0 Å². The molecule has 2 rings (SSSR count). The van der Waals surface area contributed by atoms with E-state index in [0.29, 0.717) is 24.4 Å². The molecule has 0 aliphatic rings. The van der Waals surface area contributed by atoms with Gasteiger partial charge in [0.05, 0.1) is 6.42 Å². The number of rotatable bonds is 6. The van der Waals surface area contributed by atoms with E-state index in [9.17, 15) is 9.59 Å². The van der Waals surface area contributed by atoms with Crippen LogP contribution in [0.2, 0.25) is 0 Å². The summed E-state index contributed by atoms with van der Waals surface area (Å²) in [5, 5.41) is 2.60. The average molecular weight is 290 g/mol. The molecule has 1 amide bonds. The molecular formula is C15H18N2O4. The van der Waals surface area contributed by atoms with E-state index in [0.717, 1.165) is 5.52 Å². The Hall–Kier alpha value is -2.37. The van der Waals surface area contributed by atoms with Gasteiger partial charge in [0.2, 0.25) is 0 Å². The van der Waals surface area contributed by atoms with Crippen molar-refractivity contribution in [3.05, 3.63) is 30.2 Å². The van der Waals surface area contributed by atoms with Crippen molar-refractivity contribution in [1.82, 2.24) is 10.3 Å². The maximum atomic E-state index is 11.7. The van der Waals surface area contributed by atoms with Crippen LogP contribution in [0, 0.1) is 0 Å². The molecule has 21 heavy (non-hydrogen) atoms. The molecule has 0 radical (unpaired) electrons. The molecule has 0 fully saturated rings. The minimum Gasteiger partial charge on any atom is -0.453 e. The number of ether oxygens (including phenoxy) is 1. The number of carbonyl (C=O) groups excluding carboxylic acids is 2. The standard InChI is InChI=1S/C15H18N2O4/c1-3-16-15(19)10(2)20-14(18)9-8-13-17-11-6-4-5-7-12(11)21-13/h4-7,10H,3,8-9H2,1-2H3,(H,16,19)/t10-/m1/s1. The van der Waals surface area contributed by atoms with Crippen molar-refractivity contribution in [2.45, 2.75) is 32.8 Å². The zero-order chi connectivity index (χ0) is 15.2. The van der Waals surface area contributed by atoms with E-state index in [1.165, 1.54) is 0 Å². The number of carbonyl (C=O) groups is 2. The highest BCUT2D eigenvalue weighted by Crippen LogP contribution is 2.15. The predicted molar refractivity (Wildman–Crippen MR) is 76.6 cm³/mol. The molecule has 0 bridgehead atoms. The number of fused-ring (bicyclic) bond motifs is 1. The monoisotopic (exact) mass is 290 g/mol. The van der Waals surface area contributed by atoms with Gasteiger partial charge < -0.3 is 14.5 Å². The first-order chi connectivity index (χ1) is 10.1. The van der Waals surface area contributed by atoms with Crippen LogP contribution in [0.3, 0.4) is 0 Å². The fourth-order valence-corrected chi connectivity index (χ4v) is 1.86. The zero-order valence-electron chi connectivity index (χ0n) is 12.1. The molecule has 0 saturated heterocycles. The van der Waals surface area contributed by atoms with Crippen LogP contribution >= 0.6 is 0 Å². The lowest BCUT2D eigenvalue weighted by Gasteiger charge is -2.12. The third-order valence-corrected chi connectivity index (χ3v) is 2.91. The summed E-state index contributed by atoms with van der Waals surface area (Å²) in [6, 6.07) is 7.40. The summed E-state index contributed by atoms with van der Waals surface area (Å²) in [5.74, 6) is -0.262. The Labute approximate surface area is 122 Å². The summed E-state index contributed by atoms with van der Waals surface area (Å²) in [7, 11) is 0. The molecule has 1 atom stereocenters. The largest absolute Gasteiger partial charge is 0.453 e. The van der Waals surface area contributed by atoms with Gasteiger partial charge in [-0.05, 0) is 26.0 Å². The topological polar surface area (TPSA) is 81.4 Å². The quantitative estimate of drug-likeness (QED) is 0.821. The number of nitrogens with one attached hydrogen (secondary N) is 1. The first-order valence-corrected chi connectivity index (χ1v) is 6.91. The smallest absolute Gasteiger partial charge is 0.307 e. The summed E-state index contributed by atoms with van der Waals surface area (Å²) >= 11 is 0. The molecule has 1 N–H and O–H groups in total. The Morgan fingerprint density at radius 2 is 2.14 bits per heavy atom. The lowest BCUT2D eigenvalue weighted by Crippen LogP contribution is -2.35. The van der Waals surface area contributed by atoms with E-state index in [2.05, 4.69) is 10.3 Å². The maximum absolute atomic E-state index is 11.7. The third-order valence-electron chi connectivity index (χ3n) is 2.91. The number of likely N-dealkylation sites (N-methyl/N-ethyl adjacent to an activating group) is 1. The van der Waals surface area contributed by atoms with E-state index < -0.39 is 12.1 Å². The highest BCUT2D eigenvalue weighted by atomic mass is 16.5. The maximum Gasteiger partial charge on any atom is 0.307 e. The number of aryl methyl sites for hydroxylation is 1. The van der Waals surface area contributed by atoms with Crippen molar-refractivity contribution in [2.24, 2.45) is 0 Å². The van der Waals surface area contributed by atoms with Crippen molar-refractivity contribution < 1.29 is 18.7 Å². The van der Waals surface area contributed by atoms with Gasteiger partial charge in [0.15, 0.2) is 17.6 Å². The van der Waals surface area contributed by atoms with E-state index >= 15 is 0 Å². The fourth-order valence-electron chi connectivity index (χ4n) is 1.86. The third kappa shape index (κ3) is 4.05. The molecule has 112 valence electrons. The molecule has 6 nitrogen and oxygen atoms in total. The van der Waals surface area contributed by atoms with Gasteiger partial charge in [0.25, 0.3) is 5.91 Å². The van der Waals surface area contributed by atoms with Crippen LogP contribution in [-0.4, -0.2) is 29.5 Å². The van der Waals surface area contributed by atoms with Crippen molar-refractivity contribution in [2.75, 3.05) is 6.54 Å². The molecule has 0 saturated carbocycles. The summed E-state index contributed by atoms with van der Waals surface area (Å²) in [6.45, 7) is 3.85. The Morgan fingerprint density at radius 1 is 1.38 bits per heavy atom. The minimum atomic E-state index is -0.791. The van der Waals surface area contributed by atoms with Gasteiger partial charge in [0, 0.05) is 13.0 Å². The van der Waals surface area contributed by atoms with Gasteiger partial charge in [-0.15, -0.1) is 0 Å². The first-order valence-electron chi connectivity index (χ1n) is 6.91. The van der Waals surface area contributed by atoms with E-state index in [-0.39, 0.29) is 12.3 Å². The normalized spacial score (nSPS) is 12.1. The number of nitrogens with zero attached hydrogens (tertiary/aromatic N) is 1. The van der Waals surface area contributed by atoms with Gasteiger partial charge in [-0.2, -0.15) is 0 Å². The molecule has 1 aromatic heterocycles. The van der Waals surface area contributed by atoms with Crippen LogP contribution in [0.4, 0.5) is 0 Å². The Bertz CT molecular complexity index is 602. The molecule has 0 aliphatic heterocycles. The Balaban J connectivity index is 1.84. The number of para-hydroxylation sites is 2. The van der Waals surface area contributed by atoms with E-state index in [1.54, 1.807) is 13.8 Å². The lowest BCUT2D eigenvalue weighted by molar-refractivity contribution is -0.154. The number of hydrogen-bond donors (Lipinski definition) is 1. The van der Waals surface area contributed by atoms with Gasteiger partial charge in [-0.3, -0.25) is 9.59 Å². The second kappa shape index (κ2) is 6.88. The number of esters is 1. The molecule has 1 aromatic carbocycles. The SMILES string of the molecule is CCNC(=O)[C@@H](C)OC(=O)CCc1nc2ccccc2o1. The molecule has 0 spiro atoms. The molecule has 6 heteroatoms. The Kier molecular flexibility index (Phi) is 4.92. The van der Waals surface area contributed by atoms with E-state index in [1.807, 2.05) is 24.3 Å². The second-order valence-electron chi connectivity index (χ2n) is 4.60. The Morgan fingerprint density at radius 3 is 2.86 bits per heavy atom. The molecular weight excluding hydrogens is 272 g/mol. The van der Waals surface area contributed by atoms with Crippen LogP contribution in [0.25, 0.3) is 11.1 Å². The van der Waals surface area contributed by atoms with Crippen LogP contribution in [0.1, 0.15) is 26.2 Å². The number of oxazole rings is 1. The van der Waals surface area contributed by atoms with Gasteiger partial charge in [-0.1, -0.05) is 12.1 Å². The highest BCUT2D eigenvalue weighted by molar-refractivity contribution is 5.83. The minimum absolute atomic E-state index is 0.122. The summed E-state index contributed by atoms with van der Waals surface area (Å²) < 4.78 is 10.6. The van der Waals surface area contributed by atoms with Gasteiger partial charge in [0.1, 0.15) is 5.52 Å². The number of amides is 1. The first kappa shape index (κ1) is 15.0. The second-order valence-corrected chi connectivity index (χ2v) is 4.60.